The minimum absolute atomic E-state index is 0.00507. The Morgan fingerprint density at radius 3 is 2.29 bits per heavy atom. The van der Waals surface area contributed by atoms with Crippen molar-refractivity contribution < 1.29 is 24.5 Å². The normalized spacial score (nSPS) is 17.5. The fourth-order valence-electron chi connectivity index (χ4n) is 3.08. The quantitative estimate of drug-likeness (QED) is 0.419. The maximum absolute atomic E-state index is 12.8. The first-order chi connectivity index (χ1) is 11.1. The Bertz CT molecular complexity index is 427. The minimum atomic E-state index is -1.01. The molecule has 0 rings (SSSR count). The van der Waals surface area contributed by atoms with Gasteiger partial charge in [0.2, 0.25) is 0 Å². The summed E-state index contributed by atoms with van der Waals surface area (Å²) in [6.45, 7) is 9.01. The number of aliphatic hydroxyl groups is 1. The highest BCUT2D eigenvalue weighted by atomic mass is 16.5. The second kappa shape index (κ2) is 10.6. The number of carbonyl (C=O) groups excluding carboxylic acids is 1. The van der Waals surface area contributed by atoms with Crippen LogP contribution < -0.4 is 0 Å². The van der Waals surface area contributed by atoms with Crippen LogP contribution in [0.25, 0.3) is 0 Å². The van der Waals surface area contributed by atoms with E-state index in [4.69, 9.17) is 9.84 Å². The van der Waals surface area contributed by atoms with Gasteiger partial charge in [0.25, 0.3) is 0 Å². The monoisotopic (exact) mass is 342 g/mol. The summed E-state index contributed by atoms with van der Waals surface area (Å²) in [5.41, 5.74) is -0.974. The van der Waals surface area contributed by atoms with Gasteiger partial charge in [0.15, 0.2) is 0 Å². The van der Waals surface area contributed by atoms with E-state index in [1.807, 2.05) is 19.9 Å². The first kappa shape index (κ1) is 22.8. The molecule has 140 valence electrons. The molecule has 0 amide bonds. The van der Waals surface area contributed by atoms with Crippen LogP contribution in [0.4, 0.5) is 0 Å². The van der Waals surface area contributed by atoms with Crippen molar-refractivity contribution in [3.05, 3.63) is 12.2 Å². The smallest absolute Gasteiger partial charge is 0.306 e. The molecule has 0 aliphatic heterocycles. The summed E-state index contributed by atoms with van der Waals surface area (Å²) in [6, 6.07) is 0. The maximum Gasteiger partial charge on any atom is 0.306 e. The van der Waals surface area contributed by atoms with Crippen LogP contribution in [-0.2, 0) is 14.3 Å². The number of carbonyl (C=O) groups is 2. The minimum Gasteiger partial charge on any atom is -0.481 e. The molecule has 5 heteroatoms. The summed E-state index contributed by atoms with van der Waals surface area (Å²) in [6.07, 6.45) is 5.16. The van der Waals surface area contributed by atoms with E-state index in [9.17, 15) is 14.7 Å². The van der Waals surface area contributed by atoms with Gasteiger partial charge in [0.1, 0.15) is 5.78 Å². The fraction of sp³-hybridized carbons (Fsp3) is 0.789. The molecule has 0 aliphatic carbocycles. The van der Waals surface area contributed by atoms with Crippen LogP contribution in [0.2, 0.25) is 0 Å². The number of hydrogen-bond donors (Lipinski definition) is 2. The lowest BCUT2D eigenvalue weighted by atomic mass is 9.73. The molecule has 0 bridgehead atoms. The number of carboxylic acid groups (broad SMARTS) is 1. The van der Waals surface area contributed by atoms with Gasteiger partial charge >= 0.3 is 5.97 Å². The Balaban J connectivity index is 4.89. The lowest BCUT2D eigenvalue weighted by molar-refractivity contribution is -0.149. The van der Waals surface area contributed by atoms with Gasteiger partial charge < -0.3 is 14.9 Å². The van der Waals surface area contributed by atoms with E-state index in [2.05, 4.69) is 6.08 Å². The lowest BCUT2D eigenvalue weighted by Gasteiger charge is -2.35. The Hall–Kier alpha value is -1.20. The van der Waals surface area contributed by atoms with Crippen LogP contribution in [0, 0.1) is 17.3 Å². The molecule has 4 atom stereocenters. The van der Waals surface area contributed by atoms with Gasteiger partial charge in [-0.15, -0.1) is 0 Å². The van der Waals surface area contributed by atoms with Gasteiger partial charge in [-0.05, 0) is 32.1 Å². The number of hydrogen-bond acceptors (Lipinski definition) is 4. The predicted octanol–water partition coefficient (Wildman–Crippen LogP) is 3.45. The van der Waals surface area contributed by atoms with E-state index in [0.717, 1.165) is 19.3 Å². The molecule has 0 aromatic rings. The van der Waals surface area contributed by atoms with Crippen molar-refractivity contribution >= 4 is 11.8 Å². The second-order valence-electron chi connectivity index (χ2n) is 7.16. The molecule has 0 aliphatic rings. The fourth-order valence-corrected chi connectivity index (χ4v) is 3.08. The first-order valence-corrected chi connectivity index (χ1v) is 8.67. The Kier molecular flexibility index (Phi) is 10.1. The van der Waals surface area contributed by atoms with E-state index in [1.54, 1.807) is 20.8 Å². The molecular formula is C19H34O5. The third-order valence-corrected chi connectivity index (χ3v) is 4.86. The van der Waals surface area contributed by atoms with Crippen molar-refractivity contribution in [2.24, 2.45) is 17.3 Å². The van der Waals surface area contributed by atoms with Gasteiger partial charge in [-0.2, -0.15) is 0 Å². The van der Waals surface area contributed by atoms with Gasteiger partial charge in [-0.25, -0.2) is 0 Å². The zero-order chi connectivity index (χ0) is 18.9. The molecule has 0 aromatic heterocycles. The van der Waals surface area contributed by atoms with Crippen molar-refractivity contribution in [3.63, 3.8) is 0 Å². The molecule has 0 aromatic carbocycles. The number of unbranched alkanes of at least 4 members (excludes halogenated alkanes) is 1. The molecule has 4 unspecified atom stereocenters. The van der Waals surface area contributed by atoms with Crippen molar-refractivity contribution in [1.29, 1.82) is 0 Å². The third-order valence-electron chi connectivity index (χ3n) is 4.86. The molecular weight excluding hydrogens is 308 g/mol. The number of allylic oxidation sites excluding steroid dienone is 2. The molecule has 0 radical (unpaired) electrons. The highest BCUT2D eigenvalue weighted by Crippen LogP contribution is 2.32. The van der Waals surface area contributed by atoms with Crippen LogP contribution in [0.15, 0.2) is 12.2 Å². The topological polar surface area (TPSA) is 83.8 Å². The summed E-state index contributed by atoms with van der Waals surface area (Å²) in [4.78, 5) is 23.8. The largest absolute Gasteiger partial charge is 0.481 e. The summed E-state index contributed by atoms with van der Waals surface area (Å²) in [5, 5.41) is 19.5. The number of rotatable bonds is 12. The molecule has 0 saturated carbocycles. The van der Waals surface area contributed by atoms with E-state index in [-0.39, 0.29) is 18.1 Å². The molecule has 24 heavy (non-hydrogen) atoms. The zero-order valence-corrected chi connectivity index (χ0v) is 15.9. The van der Waals surface area contributed by atoms with Crippen molar-refractivity contribution in [2.45, 2.75) is 72.5 Å². The Morgan fingerprint density at radius 2 is 1.83 bits per heavy atom. The second-order valence-corrected chi connectivity index (χ2v) is 7.16. The molecule has 0 heterocycles. The SMILES string of the molecule is CC=CCCCC(C)C(O)C(C)C(=O)C(C)(C)C(CC(=O)O)OC. The van der Waals surface area contributed by atoms with E-state index >= 15 is 0 Å². The average molecular weight is 342 g/mol. The molecule has 5 nitrogen and oxygen atoms in total. The Labute approximate surface area is 146 Å². The van der Waals surface area contributed by atoms with Gasteiger partial charge in [-0.3, -0.25) is 9.59 Å². The number of ketones is 1. The van der Waals surface area contributed by atoms with Crippen LogP contribution in [0.5, 0.6) is 0 Å². The maximum atomic E-state index is 12.8. The van der Waals surface area contributed by atoms with Crippen LogP contribution in [0.1, 0.15) is 60.3 Å². The first-order valence-electron chi connectivity index (χ1n) is 8.67. The average Bonchev–Trinajstić information content (AvgIpc) is 2.53. The van der Waals surface area contributed by atoms with E-state index < -0.39 is 29.5 Å². The van der Waals surface area contributed by atoms with Gasteiger partial charge in [-0.1, -0.05) is 39.8 Å². The van der Waals surface area contributed by atoms with Crippen LogP contribution in [0.3, 0.4) is 0 Å². The van der Waals surface area contributed by atoms with E-state index in [1.165, 1.54) is 7.11 Å². The summed E-state index contributed by atoms with van der Waals surface area (Å²) < 4.78 is 5.24. The molecule has 2 N–H and O–H groups in total. The summed E-state index contributed by atoms with van der Waals surface area (Å²) >= 11 is 0. The summed E-state index contributed by atoms with van der Waals surface area (Å²) in [5.74, 6) is -1.73. The van der Waals surface area contributed by atoms with Crippen molar-refractivity contribution in [2.75, 3.05) is 7.11 Å². The number of aliphatic hydroxyl groups excluding tert-OH is 1. The third kappa shape index (κ3) is 6.73. The van der Waals surface area contributed by atoms with Gasteiger partial charge in [0, 0.05) is 13.0 Å². The highest BCUT2D eigenvalue weighted by Gasteiger charge is 2.42. The highest BCUT2D eigenvalue weighted by molar-refractivity contribution is 5.87. The van der Waals surface area contributed by atoms with Crippen LogP contribution >= 0.6 is 0 Å². The molecule has 0 saturated heterocycles. The van der Waals surface area contributed by atoms with Crippen molar-refractivity contribution in [1.82, 2.24) is 0 Å². The van der Waals surface area contributed by atoms with E-state index in [0.29, 0.717) is 0 Å². The standard InChI is InChI=1S/C19H34O5/c1-7-8-9-10-11-13(2)17(22)14(3)18(23)19(4,5)15(24-6)12-16(20)21/h7-8,13-15,17,22H,9-12H2,1-6H3,(H,20,21). The number of Topliss-reactive ketones (excluding diaryl/α,β-unsaturated/α-hetero) is 1. The Morgan fingerprint density at radius 1 is 1.25 bits per heavy atom. The molecule has 0 spiro atoms. The number of ether oxygens (including phenoxy) is 1. The number of methoxy groups -OCH3 is 1. The predicted molar refractivity (Wildman–Crippen MR) is 94.8 cm³/mol. The zero-order valence-electron chi connectivity index (χ0n) is 15.9. The number of carboxylic acids is 1. The lowest BCUT2D eigenvalue weighted by Crippen LogP contribution is -2.46. The number of aliphatic carboxylic acids is 1. The van der Waals surface area contributed by atoms with Gasteiger partial charge in [0.05, 0.1) is 24.0 Å². The van der Waals surface area contributed by atoms with Crippen LogP contribution in [-0.4, -0.2) is 41.3 Å². The molecule has 0 fully saturated rings. The van der Waals surface area contributed by atoms with Crippen molar-refractivity contribution in [3.8, 4) is 0 Å². The summed E-state index contributed by atoms with van der Waals surface area (Å²) in [7, 11) is 1.41.